The highest BCUT2D eigenvalue weighted by atomic mass is 79.9. The van der Waals surface area contributed by atoms with Gasteiger partial charge in [0.15, 0.2) is 0 Å². The molecular formula is C25H20BrNO. The number of benzene rings is 3. The number of carbonyl (C=O) groups is 1. The molecule has 3 aromatic carbocycles. The van der Waals surface area contributed by atoms with E-state index in [0.29, 0.717) is 12.2 Å². The van der Waals surface area contributed by atoms with Crippen molar-refractivity contribution in [1.29, 1.82) is 0 Å². The molecule has 0 aromatic heterocycles. The van der Waals surface area contributed by atoms with Gasteiger partial charge in [-0.05, 0) is 40.8 Å². The molecule has 3 heteroatoms. The van der Waals surface area contributed by atoms with Crippen LogP contribution in [0.1, 0.15) is 53.0 Å². The zero-order chi connectivity index (χ0) is 19.1. The molecule has 0 saturated heterocycles. The van der Waals surface area contributed by atoms with Gasteiger partial charge in [0.2, 0.25) is 0 Å². The lowest BCUT2D eigenvalue weighted by Crippen LogP contribution is -2.32. The van der Waals surface area contributed by atoms with Gasteiger partial charge < -0.3 is 0 Å². The van der Waals surface area contributed by atoms with Gasteiger partial charge in [-0.25, -0.2) is 0 Å². The fourth-order valence-corrected chi connectivity index (χ4v) is 4.91. The largest absolute Gasteiger partial charge is 0.299 e. The van der Waals surface area contributed by atoms with E-state index in [0.717, 1.165) is 27.7 Å². The highest BCUT2D eigenvalue weighted by Crippen LogP contribution is 2.47. The molecule has 0 radical (unpaired) electrons. The van der Waals surface area contributed by atoms with Gasteiger partial charge in [-0.15, -0.1) is 0 Å². The lowest BCUT2D eigenvalue weighted by Gasteiger charge is -2.37. The smallest absolute Gasteiger partial charge is 0.142 e. The number of fused-ring (bicyclic) bond motifs is 3. The Hall–Kier alpha value is -2.52. The van der Waals surface area contributed by atoms with Crippen molar-refractivity contribution in [1.82, 2.24) is 0 Å². The number of ketones is 1. The SMILES string of the molecule is O=C1CC[C@H]2C(c3ccccc3)=N[C@H](c3ccccc32)[C@H]1c1ccc(Br)cc1. The van der Waals surface area contributed by atoms with Crippen LogP contribution in [0.2, 0.25) is 0 Å². The summed E-state index contributed by atoms with van der Waals surface area (Å²) in [5, 5.41) is 0. The van der Waals surface area contributed by atoms with E-state index in [2.05, 4.69) is 76.6 Å². The van der Waals surface area contributed by atoms with Gasteiger partial charge in [0.05, 0.1) is 17.7 Å². The number of halogens is 1. The summed E-state index contributed by atoms with van der Waals surface area (Å²) < 4.78 is 1.02. The molecule has 2 bridgehead atoms. The number of hydrogen-bond donors (Lipinski definition) is 0. The van der Waals surface area contributed by atoms with Crippen molar-refractivity contribution in [3.63, 3.8) is 0 Å². The van der Waals surface area contributed by atoms with E-state index in [4.69, 9.17) is 4.99 Å². The van der Waals surface area contributed by atoms with Crippen LogP contribution in [-0.2, 0) is 4.79 Å². The average molecular weight is 430 g/mol. The third kappa shape index (κ3) is 2.94. The second-order valence-corrected chi connectivity index (χ2v) is 8.46. The molecule has 2 heterocycles. The standard InChI is InChI=1S/C25H20BrNO/c26-18-12-10-16(11-13-18)23-22(28)15-14-21-19-8-4-5-9-20(19)25(23)27-24(21)17-6-2-1-3-7-17/h1-13,21,23,25H,14-15H2/t21-,23+,25-/m1/s1. The number of aliphatic imine (C=N–C) groups is 1. The molecule has 1 aliphatic carbocycles. The number of rotatable bonds is 2. The highest BCUT2D eigenvalue weighted by molar-refractivity contribution is 9.10. The van der Waals surface area contributed by atoms with Gasteiger partial charge >= 0.3 is 0 Å². The number of hydrogen-bond acceptors (Lipinski definition) is 2. The Balaban J connectivity index is 1.72. The quantitative estimate of drug-likeness (QED) is 0.474. The van der Waals surface area contributed by atoms with Gasteiger partial charge in [0.25, 0.3) is 0 Å². The molecule has 0 unspecified atom stereocenters. The summed E-state index contributed by atoms with van der Waals surface area (Å²) in [6.45, 7) is 0. The van der Waals surface area contributed by atoms with E-state index < -0.39 is 0 Å². The molecular weight excluding hydrogens is 410 g/mol. The molecule has 0 amide bonds. The first-order chi connectivity index (χ1) is 13.7. The summed E-state index contributed by atoms with van der Waals surface area (Å²) in [4.78, 5) is 18.4. The van der Waals surface area contributed by atoms with E-state index in [1.165, 1.54) is 11.1 Å². The lowest BCUT2D eigenvalue weighted by molar-refractivity contribution is -0.121. The van der Waals surface area contributed by atoms with Gasteiger partial charge in [0.1, 0.15) is 5.78 Å². The number of Topliss-reactive ketones (excluding diaryl/α,β-unsaturated/α-hetero) is 1. The molecule has 138 valence electrons. The summed E-state index contributed by atoms with van der Waals surface area (Å²) in [6.07, 6.45) is 1.39. The molecule has 0 fully saturated rings. The van der Waals surface area contributed by atoms with Crippen molar-refractivity contribution in [2.24, 2.45) is 4.99 Å². The number of carbonyl (C=O) groups excluding carboxylic acids is 1. The van der Waals surface area contributed by atoms with Gasteiger partial charge in [0, 0.05) is 16.8 Å². The predicted octanol–water partition coefficient (Wildman–Crippen LogP) is 6.22. The second kappa shape index (κ2) is 7.14. The Bertz CT molecular complexity index is 1060. The first-order valence-corrected chi connectivity index (χ1v) is 10.5. The summed E-state index contributed by atoms with van der Waals surface area (Å²) >= 11 is 3.51. The van der Waals surface area contributed by atoms with Crippen molar-refractivity contribution in [2.75, 3.05) is 0 Å². The summed E-state index contributed by atoms with van der Waals surface area (Å²) in [6, 6.07) is 26.9. The predicted molar refractivity (Wildman–Crippen MR) is 116 cm³/mol. The number of nitrogens with zero attached hydrogens (tertiary/aromatic N) is 1. The maximum atomic E-state index is 13.2. The van der Waals surface area contributed by atoms with Crippen LogP contribution in [-0.4, -0.2) is 11.5 Å². The minimum absolute atomic E-state index is 0.170. The fourth-order valence-electron chi connectivity index (χ4n) is 4.64. The van der Waals surface area contributed by atoms with Crippen molar-refractivity contribution in [3.05, 3.63) is 106 Å². The average Bonchev–Trinajstić information content (AvgIpc) is 2.73. The Morgan fingerprint density at radius 3 is 2.25 bits per heavy atom. The molecule has 0 spiro atoms. The van der Waals surface area contributed by atoms with E-state index in [9.17, 15) is 4.79 Å². The first kappa shape index (κ1) is 17.6. The molecule has 3 aromatic rings. The van der Waals surface area contributed by atoms with E-state index in [1.807, 2.05) is 18.2 Å². The zero-order valence-corrected chi connectivity index (χ0v) is 17.0. The normalized spacial score (nSPS) is 23.5. The first-order valence-electron chi connectivity index (χ1n) is 9.72. The Labute approximate surface area is 173 Å². The summed E-state index contributed by atoms with van der Waals surface area (Å²) in [5.41, 5.74) is 5.86. The van der Waals surface area contributed by atoms with Crippen LogP contribution in [0.25, 0.3) is 0 Å². The van der Waals surface area contributed by atoms with Crippen LogP contribution in [0.4, 0.5) is 0 Å². The Morgan fingerprint density at radius 1 is 0.821 bits per heavy atom. The minimum atomic E-state index is -0.241. The van der Waals surface area contributed by atoms with Crippen molar-refractivity contribution >= 4 is 27.4 Å². The van der Waals surface area contributed by atoms with Crippen LogP contribution in [0, 0.1) is 0 Å². The molecule has 2 aliphatic heterocycles. The molecule has 6 rings (SSSR count). The van der Waals surface area contributed by atoms with Crippen LogP contribution < -0.4 is 0 Å². The fraction of sp³-hybridized carbons (Fsp3) is 0.200. The third-order valence-electron chi connectivity index (χ3n) is 5.94. The lowest BCUT2D eigenvalue weighted by atomic mass is 9.71. The van der Waals surface area contributed by atoms with Gasteiger partial charge in [-0.1, -0.05) is 82.7 Å². The van der Waals surface area contributed by atoms with Gasteiger partial charge in [-0.2, -0.15) is 0 Å². The zero-order valence-electron chi connectivity index (χ0n) is 15.4. The van der Waals surface area contributed by atoms with Crippen molar-refractivity contribution in [2.45, 2.75) is 30.7 Å². The summed E-state index contributed by atoms with van der Waals surface area (Å²) in [7, 11) is 0. The maximum absolute atomic E-state index is 13.2. The Kier molecular flexibility index (Phi) is 4.48. The van der Waals surface area contributed by atoms with Crippen LogP contribution in [0.3, 0.4) is 0 Å². The minimum Gasteiger partial charge on any atom is -0.299 e. The van der Waals surface area contributed by atoms with Crippen molar-refractivity contribution in [3.8, 4) is 0 Å². The summed E-state index contributed by atoms with van der Waals surface area (Å²) in [5.74, 6) is 0.238. The van der Waals surface area contributed by atoms with E-state index >= 15 is 0 Å². The van der Waals surface area contributed by atoms with E-state index in [-0.39, 0.29) is 17.9 Å². The van der Waals surface area contributed by atoms with Crippen LogP contribution in [0.5, 0.6) is 0 Å². The Morgan fingerprint density at radius 2 is 1.50 bits per heavy atom. The molecule has 0 N–H and O–H groups in total. The van der Waals surface area contributed by atoms with E-state index in [1.54, 1.807) is 0 Å². The van der Waals surface area contributed by atoms with Gasteiger partial charge in [-0.3, -0.25) is 9.79 Å². The maximum Gasteiger partial charge on any atom is 0.142 e. The molecule has 3 aliphatic rings. The second-order valence-electron chi connectivity index (χ2n) is 7.54. The monoisotopic (exact) mass is 429 g/mol. The molecule has 28 heavy (non-hydrogen) atoms. The molecule has 0 saturated carbocycles. The topological polar surface area (TPSA) is 29.4 Å². The van der Waals surface area contributed by atoms with Crippen molar-refractivity contribution < 1.29 is 4.79 Å². The van der Waals surface area contributed by atoms with Crippen LogP contribution in [0.15, 0.2) is 88.3 Å². The highest BCUT2D eigenvalue weighted by Gasteiger charge is 2.40. The van der Waals surface area contributed by atoms with Crippen LogP contribution >= 0.6 is 15.9 Å². The molecule has 3 atom stereocenters. The third-order valence-corrected chi connectivity index (χ3v) is 6.47. The molecule has 2 nitrogen and oxygen atoms in total.